The predicted molar refractivity (Wildman–Crippen MR) is 141 cm³/mol. The molecule has 0 unspecified atom stereocenters. The highest BCUT2D eigenvalue weighted by Crippen LogP contribution is 2.26. The third-order valence-corrected chi connectivity index (χ3v) is 6.63. The molecule has 0 aliphatic rings. The fourth-order valence-corrected chi connectivity index (χ4v) is 4.55. The van der Waals surface area contributed by atoms with E-state index in [9.17, 15) is 17.6 Å². The predicted octanol–water partition coefficient (Wildman–Crippen LogP) is 8.94. The van der Waals surface area contributed by atoms with Crippen molar-refractivity contribution in [2.75, 3.05) is 0 Å². The van der Waals surface area contributed by atoms with Crippen molar-refractivity contribution in [1.29, 1.82) is 0 Å². The minimum atomic E-state index is -3.10. The number of fused-ring (bicyclic) bond motifs is 1. The van der Waals surface area contributed by atoms with E-state index in [1.807, 2.05) is 43.3 Å². The summed E-state index contributed by atoms with van der Waals surface area (Å²) in [6, 6.07) is 18.3. The van der Waals surface area contributed by atoms with E-state index in [4.69, 9.17) is 0 Å². The normalized spacial score (nSPS) is 11.7. The third kappa shape index (κ3) is 7.00. The van der Waals surface area contributed by atoms with Crippen molar-refractivity contribution in [3.8, 4) is 5.75 Å². The summed E-state index contributed by atoms with van der Waals surface area (Å²) >= 11 is 0. The molecule has 0 amide bonds. The second-order valence-corrected chi connectivity index (χ2v) is 9.27. The second-order valence-electron chi connectivity index (χ2n) is 9.27. The molecular formula is C32H29F5O. The number of aryl methyl sites for hydroxylation is 5. The zero-order chi connectivity index (χ0) is 27.1. The third-order valence-electron chi connectivity index (χ3n) is 6.63. The van der Waals surface area contributed by atoms with Crippen LogP contribution in [0.5, 0.6) is 5.75 Å². The topological polar surface area (TPSA) is 9.23 Å². The largest absolute Gasteiger partial charge is 0.432 e. The van der Waals surface area contributed by atoms with Gasteiger partial charge in [-0.15, -0.1) is 0 Å². The van der Waals surface area contributed by atoms with Crippen molar-refractivity contribution >= 4 is 10.8 Å². The van der Waals surface area contributed by atoms with Gasteiger partial charge in [-0.05, 0) is 96.9 Å². The Morgan fingerprint density at radius 2 is 1.32 bits per heavy atom. The Morgan fingerprint density at radius 1 is 0.684 bits per heavy atom. The number of allylic oxidation sites excluding steroid dienone is 2. The number of benzene rings is 4. The number of ether oxygens (including phenoxy) is 1. The fraction of sp³-hybridized carbons (Fsp3) is 0.250. The Labute approximate surface area is 219 Å². The van der Waals surface area contributed by atoms with E-state index < -0.39 is 18.2 Å². The summed E-state index contributed by atoms with van der Waals surface area (Å²) in [5, 5.41) is 1.23. The number of hydrogen-bond donors (Lipinski definition) is 0. The lowest BCUT2D eigenvalue weighted by Gasteiger charge is -2.10. The molecule has 4 aromatic rings. The molecule has 0 aliphatic heterocycles. The molecule has 0 saturated heterocycles. The average Bonchev–Trinajstić information content (AvgIpc) is 2.89. The van der Waals surface area contributed by atoms with Gasteiger partial charge in [-0.3, -0.25) is 0 Å². The highest BCUT2D eigenvalue weighted by Gasteiger charge is 2.13. The molecule has 38 heavy (non-hydrogen) atoms. The first kappa shape index (κ1) is 27.4. The molecule has 6 heteroatoms. The molecule has 0 aromatic heterocycles. The molecule has 198 valence electrons. The van der Waals surface area contributed by atoms with Crippen LogP contribution >= 0.6 is 0 Å². The molecule has 0 saturated carbocycles. The lowest BCUT2D eigenvalue weighted by Crippen LogP contribution is -2.04. The molecule has 0 fully saturated rings. The van der Waals surface area contributed by atoms with E-state index in [1.54, 1.807) is 18.2 Å². The van der Waals surface area contributed by atoms with Crippen LogP contribution in [-0.4, -0.2) is 6.61 Å². The van der Waals surface area contributed by atoms with Gasteiger partial charge in [-0.1, -0.05) is 60.7 Å². The van der Waals surface area contributed by atoms with Gasteiger partial charge in [0.2, 0.25) is 0 Å². The molecule has 0 aliphatic carbocycles. The highest BCUT2D eigenvalue weighted by molar-refractivity contribution is 5.84. The van der Waals surface area contributed by atoms with Gasteiger partial charge in [0.25, 0.3) is 0 Å². The molecule has 0 bridgehead atoms. The van der Waals surface area contributed by atoms with E-state index in [0.717, 1.165) is 41.5 Å². The van der Waals surface area contributed by atoms with Crippen LogP contribution in [0.15, 0.2) is 78.9 Å². The van der Waals surface area contributed by atoms with Gasteiger partial charge in [-0.25, -0.2) is 13.2 Å². The quantitative estimate of drug-likeness (QED) is 0.141. The fourth-order valence-electron chi connectivity index (χ4n) is 4.55. The van der Waals surface area contributed by atoms with E-state index in [2.05, 4.69) is 10.8 Å². The highest BCUT2D eigenvalue weighted by atomic mass is 19.3. The van der Waals surface area contributed by atoms with Gasteiger partial charge in [0, 0.05) is 5.39 Å². The standard InChI is InChI=1S/C32H29F5O/c1-2-3-4-5-21-6-11-24(28(33)19-21)12-7-22-9-16-27-26(18-22)15-14-25(31(27)35)13-8-23-10-17-30(29(34)20-23)38-32(36)37/h2-3,6,9-11,14-20,32H,4-5,7-8,12-13H2,1H3/b3-2+. The number of rotatable bonds is 11. The number of halogens is 5. The average molecular weight is 525 g/mol. The van der Waals surface area contributed by atoms with Crippen LogP contribution in [0.25, 0.3) is 10.8 Å². The van der Waals surface area contributed by atoms with Gasteiger partial charge in [0.1, 0.15) is 11.6 Å². The van der Waals surface area contributed by atoms with Crippen molar-refractivity contribution in [2.45, 2.75) is 52.1 Å². The maximum atomic E-state index is 15.2. The Hall–Kier alpha value is -3.67. The molecule has 0 heterocycles. The maximum absolute atomic E-state index is 15.2. The van der Waals surface area contributed by atoms with Gasteiger partial charge in [0.15, 0.2) is 11.6 Å². The summed E-state index contributed by atoms with van der Waals surface area (Å²) in [4.78, 5) is 0. The molecule has 1 nitrogen and oxygen atoms in total. The second kappa shape index (κ2) is 12.7. The zero-order valence-corrected chi connectivity index (χ0v) is 21.1. The van der Waals surface area contributed by atoms with Crippen LogP contribution in [0.4, 0.5) is 22.0 Å². The van der Waals surface area contributed by atoms with Crippen LogP contribution in [-0.2, 0) is 32.1 Å². The molecular weight excluding hydrogens is 495 g/mol. The smallest absolute Gasteiger partial charge is 0.387 e. The molecule has 4 rings (SSSR count). The van der Waals surface area contributed by atoms with E-state index in [1.165, 1.54) is 6.07 Å². The van der Waals surface area contributed by atoms with Crippen molar-refractivity contribution in [1.82, 2.24) is 0 Å². The lowest BCUT2D eigenvalue weighted by molar-refractivity contribution is -0.0522. The molecule has 4 aromatic carbocycles. The van der Waals surface area contributed by atoms with Crippen molar-refractivity contribution < 1.29 is 26.7 Å². The summed E-state index contributed by atoms with van der Waals surface area (Å²) in [5.41, 5.74) is 3.66. The molecule has 0 N–H and O–H groups in total. The SMILES string of the molecule is C/C=C/CCc1ccc(CCc2ccc3c(F)c(CCc4ccc(OC(F)F)c(F)c4)ccc3c2)c(F)c1. The van der Waals surface area contributed by atoms with Gasteiger partial charge >= 0.3 is 6.61 Å². The van der Waals surface area contributed by atoms with Crippen molar-refractivity contribution in [3.05, 3.63) is 124 Å². The zero-order valence-electron chi connectivity index (χ0n) is 21.1. The summed E-state index contributed by atoms with van der Waals surface area (Å²) in [6.07, 6.45) is 7.58. The van der Waals surface area contributed by atoms with Crippen LogP contribution in [0.3, 0.4) is 0 Å². The van der Waals surface area contributed by atoms with Crippen molar-refractivity contribution in [2.24, 2.45) is 0 Å². The van der Waals surface area contributed by atoms with Crippen LogP contribution in [0.1, 0.15) is 41.2 Å². The Bertz CT molecular complexity index is 1430. The van der Waals surface area contributed by atoms with E-state index in [0.29, 0.717) is 47.8 Å². The first-order chi connectivity index (χ1) is 18.3. The monoisotopic (exact) mass is 524 g/mol. The number of hydrogen-bond acceptors (Lipinski definition) is 1. The van der Waals surface area contributed by atoms with Gasteiger partial charge < -0.3 is 4.74 Å². The van der Waals surface area contributed by atoms with Crippen LogP contribution < -0.4 is 4.74 Å². The molecule has 0 radical (unpaired) electrons. The Kier molecular flexibility index (Phi) is 9.16. The minimum absolute atomic E-state index is 0.199. The first-order valence-corrected chi connectivity index (χ1v) is 12.7. The van der Waals surface area contributed by atoms with Gasteiger partial charge in [0.05, 0.1) is 0 Å². The summed E-state index contributed by atoms with van der Waals surface area (Å²) in [6.45, 7) is -1.14. The Morgan fingerprint density at radius 3 is 2.03 bits per heavy atom. The van der Waals surface area contributed by atoms with Crippen molar-refractivity contribution in [3.63, 3.8) is 0 Å². The Balaban J connectivity index is 1.40. The number of alkyl halides is 2. The minimum Gasteiger partial charge on any atom is -0.432 e. The van der Waals surface area contributed by atoms with Crippen LogP contribution in [0, 0.1) is 17.5 Å². The van der Waals surface area contributed by atoms with Crippen LogP contribution in [0.2, 0.25) is 0 Å². The molecule has 0 spiro atoms. The summed E-state index contributed by atoms with van der Waals surface area (Å²) in [5.74, 6) is -1.94. The molecule has 0 atom stereocenters. The first-order valence-electron chi connectivity index (χ1n) is 12.7. The lowest BCUT2D eigenvalue weighted by atomic mass is 9.97. The maximum Gasteiger partial charge on any atom is 0.387 e. The summed E-state index contributed by atoms with van der Waals surface area (Å²) in [7, 11) is 0. The van der Waals surface area contributed by atoms with E-state index in [-0.39, 0.29) is 11.6 Å². The van der Waals surface area contributed by atoms with Gasteiger partial charge in [-0.2, -0.15) is 8.78 Å². The summed E-state index contributed by atoms with van der Waals surface area (Å²) < 4.78 is 72.5. The van der Waals surface area contributed by atoms with E-state index >= 15 is 4.39 Å².